The monoisotopic (exact) mass is 385 g/mol. The zero-order valence-corrected chi connectivity index (χ0v) is 14.6. The average molecular weight is 385 g/mol. The van der Waals surface area contributed by atoms with Crippen LogP contribution < -0.4 is 5.73 Å². The fourth-order valence-corrected chi connectivity index (χ4v) is 3.13. The van der Waals surface area contributed by atoms with Crippen molar-refractivity contribution >= 4 is 11.4 Å². The fourth-order valence-electron chi connectivity index (χ4n) is 3.13. The highest BCUT2D eigenvalue weighted by Crippen LogP contribution is 2.35. The molecule has 0 aliphatic rings. The highest BCUT2D eigenvalue weighted by molar-refractivity contribution is 6.00. The maximum absolute atomic E-state index is 13.2. The van der Waals surface area contributed by atoms with Crippen LogP contribution in [-0.4, -0.2) is 25.1 Å². The highest BCUT2D eigenvalue weighted by atomic mass is 19.4. The summed E-state index contributed by atoms with van der Waals surface area (Å²) in [6.07, 6.45) is 1.60. The van der Waals surface area contributed by atoms with Crippen molar-refractivity contribution in [3.8, 4) is 16.9 Å². The molecule has 3 heterocycles. The van der Waals surface area contributed by atoms with Crippen LogP contribution in [0.5, 0.6) is 0 Å². The summed E-state index contributed by atoms with van der Waals surface area (Å²) < 4.78 is 42.7. The third-order valence-corrected chi connectivity index (χ3v) is 4.50. The van der Waals surface area contributed by atoms with Crippen LogP contribution in [0.2, 0.25) is 0 Å². The molecule has 2 N–H and O–H groups in total. The molecule has 4 rings (SSSR count). The number of primary amides is 1. The first kappa shape index (κ1) is 17.8. The standard InChI is InChI=1S/C19H14F3N5O/c1-11-4-5-12(19(20,21)22)7-13(11)14-8-26(9-15(14)17(23)28)18-16-3-2-6-27(16)25-10-24-18/h2-10H,1H3,(H2,23,28). The van der Waals surface area contributed by atoms with Crippen LogP contribution in [0.15, 0.2) is 55.2 Å². The van der Waals surface area contributed by atoms with Crippen molar-refractivity contribution in [3.63, 3.8) is 0 Å². The zero-order valence-electron chi connectivity index (χ0n) is 14.6. The van der Waals surface area contributed by atoms with Gasteiger partial charge in [-0.25, -0.2) is 9.50 Å². The van der Waals surface area contributed by atoms with Gasteiger partial charge in [-0.05, 0) is 42.3 Å². The summed E-state index contributed by atoms with van der Waals surface area (Å²) in [5, 5.41) is 4.08. The van der Waals surface area contributed by atoms with Gasteiger partial charge in [-0.2, -0.15) is 18.3 Å². The van der Waals surface area contributed by atoms with Crippen molar-refractivity contribution in [2.75, 3.05) is 0 Å². The molecule has 0 saturated carbocycles. The Hall–Kier alpha value is -3.62. The molecule has 28 heavy (non-hydrogen) atoms. The van der Waals surface area contributed by atoms with Crippen molar-refractivity contribution in [3.05, 3.63) is 71.9 Å². The Morgan fingerprint density at radius 1 is 1.14 bits per heavy atom. The average Bonchev–Trinajstić information content (AvgIpc) is 3.28. The second kappa shape index (κ2) is 6.22. The number of carbonyl (C=O) groups is 1. The second-order valence-corrected chi connectivity index (χ2v) is 6.31. The summed E-state index contributed by atoms with van der Waals surface area (Å²) in [6.45, 7) is 1.67. The Kier molecular flexibility index (Phi) is 3.95. The number of alkyl halides is 3. The molecule has 142 valence electrons. The van der Waals surface area contributed by atoms with Crippen molar-refractivity contribution in [1.29, 1.82) is 0 Å². The molecule has 0 radical (unpaired) electrons. The second-order valence-electron chi connectivity index (χ2n) is 6.31. The van der Waals surface area contributed by atoms with Gasteiger partial charge in [0.2, 0.25) is 0 Å². The Morgan fingerprint density at radius 2 is 1.93 bits per heavy atom. The number of amides is 1. The quantitative estimate of drug-likeness (QED) is 0.585. The summed E-state index contributed by atoms with van der Waals surface area (Å²) in [4.78, 5) is 16.2. The molecule has 6 nitrogen and oxygen atoms in total. The van der Waals surface area contributed by atoms with Crippen molar-refractivity contribution < 1.29 is 18.0 Å². The zero-order chi connectivity index (χ0) is 20.1. The molecule has 0 bridgehead atoms. The van der Waals surface area contributed by atoms with Gasteiger partial charge in [0.05, 0.1) is 11.1 Å². The normalized spacial score (nSPS) is 11.9. The third-order valence-electron chi connectivity index (χ3n) is 4.50. The van der Waals surface area contributed by atoms with Crippen LogP contribution in [0.3, 0.4) is 0 Å². The smallest absolute Gasteiger partial charge is 0.366 e. The summed E-state index contributed by atoms with van der Waals surface area (Å²) in [5.41, 5.74) is 6.64. The summed E-state index contributed by atoms with van der Waals surface area (Å²) >= 11 is 0. The number of halogens is 3. The predicted molar refractivity (Wildman–Crippen MR) is 96.0 cm³/mol. The Labute approximate surface area is 157 Å². The molecule has 0 aliphatic carbocycles. The van der Waals surface area contributed by atoms with E-state index in [9.17, 15) is 18.0 Å². The number of aromatic nitrogens is 4. The number of aryl methyl sites for hydroxylation is 1. The first-order valence-electron chi connectivity index (χ1n) is 8.24. The van der Waals surface area contributed by atoms with E-state index < -0.39 is 17.6 Å². The SMILES string of the molecule is Cc1ccc(C(F)(F)F)cc1-c1cn(-c2ncnn3cccc23)cc1C(N)=O. The largest absolute Gasteiger partial charge is 0.416 e. The maximum Gasteiger partial charge on any atom is 0.416 e. The first-order valence-corrected chi connectivity index (χ1v) is 8.24. The van der Waals surface area contributed by atoms with Gasteiger partial charge in [0, 0.05) is 24.2 Å². The molecule has 4 aromatic rings. The lowest BCUT2D eigenvalue weighted by atomic mass is 9.97. The predicted octanol–water partition coefficient (Wildman–Crippen LogP) is 3.61. The highest BCUT2D eigenvalue weighted by Gasteiger charge is 2.31. The number of nitrogens with two attached hydrogens (primary N) is 1. The number of nitrogens with zero attached hydrogens (tertiary/aromatic N) is 4. The lowest BCUT2D eigenvalue weighted by molar-refractivity contribution is -0.137. The fraction of sp³-hybridized carbons (Fsp3) is 0.105. The van der Waals surface area contributed by atoms with Gasteiger partial charge in [-0.1, -0.05) is 6.07 Å². The maximum atomic E-state index is 13.2. The molecule has 0 atom stereocenters. The minimum absolute atomic E-state index is 0.103. The van der Waals surface area contributed by atoms with E-state index in [0.29, 0.717) is 22.5 Å². The topological polar surface area (TPSA) is 78.2 Å². The summed E-state index contributed by atoms with van der Waals surface area (Å²) in [6, 6.07) is 6.97. The van der Waals surface area contributed by atoms with Crippen LogP contribution in [0.1, 0.15) is 21.5 Å². The van der Waals surface area contributed by atoms with E-state index in [-0.39, 0.29) is 11.1 Å². The van der Waals surface area contributed by atoms with E-state index in [4.69, 9.17) is 5.73 Å². The molecule has 9 heteroatoms. The van der Waals surface area contributed by atoms with Gasteiger partial charge in [0.25, 0.3) is 5.91 Å². The summed E-state index contributed by atoms with van der Waals surface area (Å²) in [5.74, 6) is -0.274. The van der Waals surface area contributed by atoms with E-state index in [1.807, 2.05) is 0 Å². The molecule has 0 unspecified atom stereocenters. The lowest BCUT2D eigenvalue weighted by Crippen LogP contribution is -2.11. The number of carbonyl (C=O) groups excluding carboxylic acids is 1. The molecular formula is C19H14F3N5O. The molecule has 0 spiro atoms. The molecule has 0 fully saturated rings. The minimum atomic E-state index is -4.50. The van der Waals surface area contributed by atoms with Crippen molar-refractivity contribution in [1.82, 2.24) is 19.2 Å². The van der Waals surface area contributed by atoms with E-state index in [2.05, 4.69) is 10.1 Å². The van der Waals surface area contributed by atoms with Crippen molar-refractivity contribution in [2.45, 2.75) is 13.1 Å². The number of hydrogen-bond donors (Lipinski definition) is 1. The Morgan fingerprint density at radius 3 is 2.64 bits per heavy atom. The number of benzene rings is 1. The van der Waals surface area contributed by atoms with Gasteiger partial charge in [-0.3, -0.25) is 4.79 Å². The summed E-state index contributed by atoms with van der Waals surface area (Å²) in [7, 11) is 0. The molecule has 3 aromatic heterocycles. The molecule has 0 aliphatic heterocycles. The van der Waals surface area contributed by atoms with E-state index in [1.54, 1.807) is 40.5 Å². The number of hydrogen-bond acceptors (Lipinski definition) is 3. The molecule has 0 saturated heterocycles. The van der Waals surface area contributed by atoms with Crippen LogP contribution >= 0.6 is 0 Å². The van der Waals surface area contributed by atoms with Crippen molar-refractivity contribution in [2.24, 2.45) is 5.73 Å². The minimum Gasteiger partial charge on any atom is -0.366 e. The Bertz CT molecular complexity index is 1210. The van der Waals surface area contributed by atoms with Crippen LogP contribution in [-0.2, 0) is 6.18 Å². The number of fused-ring (bicyclic) bond motifs is 1. The van der Waals surface area contributed by atoms with Gasteiger partial charge < -0.3 is 10.3 Å². The molecule has 1 aromatic carbocycles. The lowest BCUT2D eigenvalue weighted by Gasteiger charge is -2.11. The van der Waals surface area contributed by atoms with Gasteiger partial charge >= 0.3 is 6.18 Å². The first-order chi connectivity index (χ1) is 13.3. The molecule has 1 amide bonds. The van der Waals surface area contributed by atoms with Gasteiger partial charge in [0.1, 0.15) is 11.8 Å². The van der Waals surface area contributed by atoms with Crippen LogP contribution in [0.4, 0.5) is 13.2 Å². The van der Waals surface area contributed by atoms with Gasteiger partial charge in [0.15, 0.2) is 5.82 Å². The Balaban J connectivity index is 1.94. The van der Waals surface area contributed by atoms with Crippen LogP contribution in [0.25, 0.3) is 22.5 Å². The van der Waals surface area contributed by atoms with Gasteiger partial charge in [-0.15, -0.1) is 0 Å². The number of rotatable bonds is 3. The van der Waals surface area contributed by atoms with E-state index in [0.717, 1.165) is 12.1 Å². The third kappa shape index (κ3) is 2.90. The molecular weight excluding hydrogens is 371 g/mol. The van der Waals surface area contributed by atoms with Crippen LogP contribution in [0, 0.1) is 6.92 Å². The van der Waals surface area contributed by atoms with E-state index in [1.165, 1.54) is 18.6 Å². The van der Waals surface area contributed by atoms with E-state index >= 15 is 0 Å².